The zero-order valence-corrected chi connectivity index (χ0v) is 19.7. The third kappa shape index (κ3) is 3.47. The molecule has 3 aromatic heterocycles. The molecule has 35 heavy (non-hydrogen) atoms. The number of halogens is 1. The standard InChI is InChI=1S/C26H24FN7O/c1-16-10-21(11-17(2)24(16)27)34-25(22-15-31(3)7-6-23(22)30-34)33-9-8-32(26(33)35)20-5-4-18-13-28-29-14-19(18)12-20/h4-5,8-14H,6-7,15H2,1-3H3. The van der Waals surface area contributed by atoms with E-state index in [4.69, 9.17) is 5.10 Å². The molecule has 0 saturated heterocycles. The van der Waals surface area contributed by atoms with E-state index in [1.165, 1.54) is 0 Å². The van der Waals surface area contributed by atoms with Crippen molar-refractivity contribution in [2.75, 3.05) is 13.6 Å². The van der Waals surface area contributed by atoms with E-state index in [0.717, 1.165) is 46.4 Å². The molecule has 0 fully saturated rings. The van der Waals surface area contributed by atoms with Crippen molar-refractivity contribution in [1.29, 1.82) is 0 Å². The van der Waals surface area contributed by atoms with Crippen molar-refractivity contribution < 1.29 is 4.39 Å². The molecule has 0 unspecified atom stereocenters. The van der Waals surface area contributed by atoms with E-state index in [9.17, 15) is 9.18 Å². The molecule has 6 rings (SSSR count). The van der Waals surface area contributed by atoms with Gasteiger partial charge in [0.2, 0.25) is 0 Å². The molecule has 0 amide bonds. The molecule has 0 spiro atoms. The summed E-state index contributed by atoms with van der Waals surface area (Å²) in [6, 6.07) is 9.29. The number of imidazole rings is 1. The molecular formula is C26H24FN7O. The van der Waals surface area contributed by atoms with Gasteiger partial charge in [0.05, 0.1) is 29.5 Å². The molecule has 0 atom stereocenters. The van der Waals surface area contributed by atoms with Crippen LogP contribution in [0.4, 0.5) is 4.39 Å². The Morgan fingerprint density at radius 1 is 0.914 bits per heavy atom. The summed E-state index contributed by atoms with van der Waals surface area (Å²) in [6.07, 6.45) is 7.69. The number of likely N-dealkylation sites (N-methyl/N-ethyl adjacent to an activating group) is 1. The van der Waals surface area contributed by atoms with Gasteiger partial charge in [-0.05, 0) is 56.3 Å². The van der Waals surface area contributed by atoms with Crippen molar-refractivity contribution in [2.24, 2.45) is 0 Å². The van der Waals surface area contributed by atoms with E-state index in [1.807, 2.05) is 18.2 Å². The van der Waals surface area contributed by atoms with Crippen LogP contribution >= 0.6 is 0 Å². The van der Waals surface area contributed by atoms with Gasteiger partial charge in [-0.25, -0.2) is 13.9 Å². The molecule has 4 heterocycles. The number of aryl methyl sites for hydroxylation is 2. The molecule has 0 N–H and O–H groups in total. The number of rotatable bonds is 3. The van der Waals surface area contributed by atoms with Gasteiger partial charge in [-0.15, -0.1) is 0 Å². The van der Waals surface area contributed by atoms with Crippen LogP contribution in [0.15, 0.2) is 59.9 Å². The Morgan fingerprint density at radius 2 is 1.63 bits per heavy atom. The summed E-state index contributed by atoms with van der Waals surface area (Å²) in [6.45, 7) is 5.06. The molecule has 2 aromatic carbocycles. The lowest BCUT2D eigenvalue weighted by molar-refractivity contribution is 0.311. The Hall–Kier alpha value is -4.11. The molecular weight excluding hydrogens is 445 g/mol. The van der Waals surface area contributed by atoms with Gasteiger partial charge in [-0.3, -0.25) is 9.13 Å². The van der Waals surface area contributed by atoms with Gasteiger partial charge in [0.1, 0.15) is 11.6 Å². The molecule has 0 aliphatic carbocycles. The lowest BCUT2D eigenvalue weighted by atomic mass is 10.1. The fourth-order valence-corrected chi connectivity index (χ4v) is 4.83. The van der Waals surface area contributed by atoms with E-state index in [0.29, 0.717) is 23.5 Å². The average Bonchev–Trinajstić information content (AvgIpc) is 3.41. The minimum atomic E-state index is -0.226. The molecule has 5 aromatic rings. The van der Waals surface area contributed by atoms with Crippen LogP contribution in [-0.2, 0) is 13.0 Å². The fraction of sp³-hybridized carbons (Fsp3) is 0.231. The Morgan fingerprint density at radius 3 is 2.40 bits per heavy atom. The highest BCUT2D eigenvalue weighted by atomic mass is 19.1. The summed E-state index contributed by atoms with van der Waals surface area (Å²) < 4.78 is 19.4. The lowest BCUT2D eigenvalue weighted by Gasteiger charge is -2.22. The van der Waals surface area contributed by atoms with Crippen LogP contribution in [-0.4, -0.2) is 47.6 Å². The van der Waals surface area contributed by atoms with Crippen LogP contribution in [0.3, 0.4) is 0 Å². The van der Waals surface area contributed by atoms with Crippen molar-refractivity contribution in [3.8, 4) is 17.2 Å². The van der Waals surface area contributed by atoms with Crippen LogP contribution in [0, 0.1) is 19.7 Å². The first kappa shape index (κ1) is 21.4. The minimum Gasteiger partial charge on any atom is -0.302 e. The number of aromatic nitrogens is 6. The first-order chi connectivity index (χ1) is 16.9. The van der Waals surface area contributed by atoms with Gasteiger partial charge < -0.3 is 4.90 Å². The summed E-state index contributed by atoms with van der Waals surface area (Å²) >= 11 is 0. The maximum absolute atomic E-state index is 14.4. The summed E-state index contributed by atoms with van der Waals surface area (Å²) in [5, 5.41) is 14.6. The smallest absolute Gasteiger partial charge is 0.302 e. The van der Waals surface area contributed by atoms with Gasteiger partial charge in [-0.1, -0.05) is 6.07 Å². The number of hydrogen-bond acceptors (Lipinski definition) is 5. The Kier molecular flexibility index (Phi) is 4.89. The monoisotopic (exact) mass is 469 g/mol. The fourth-order valence-electron chi connectivity index (χ4n) is 4.83. The van der Waals surface area contributed by atoms with Crippen molar-refractivity contribution >= 4 is 10.8 Å². The first-order valence-corrected chi connectivity index (χ1v) is 11.5. The molecule has 1 aliphatic heterocycles. The van der Waals surface area contributed by atoms with E-state index < -0.39 is 0 Å². The molecule has 176 valence electrons. The normalized spacial score (nSPS) is 13.9. The second-order valence-corrected chi connectivity index (χ2v) is 9.17. The highest BCUT2D eigenvalue weighted by Gasteiger charge is 2.27. The molecule has 1 aliphatic rings. The third-order valence-corrected chi connectivity index (χ3v) is 6.68. The van der Waals surface area contributed by atoms with Crippen molar-refractivity contribution in [3.63, 3.8) is 0 Å². The molecule has 0 bridgehead atoms. The predicted molar refractivity (Wildman–Crippen MR) is 131 cm³/mol. The van der Waals surface area contributed by atoms with Crippen LogP contribution in [0.5, 0.6) is 0 Å². The second kappa shape index (κ2) is 7.99. The van der Waals surface area contributed by atoms with Crippen molar-refractivity contribution in [1.82, 2.24) is 34.0 Å². The summed E-state index contributed by atoms with van der Waals surface area (Å²) in [5.74, 6) is 0.462. The molecule has 0 radical (unpaired) electrons. The summed E-state index contributed by atoms with van der Waals surface area (Å²) in [4.78, 5) is 15.9. The van der Waals surface area contributed by atoms with Crippen LogP contribution in [0.25, 0.3) is 28.0 Å². The minimum absolute atomic E-state index is 0.209. The number of benzene rings is 2. The Bertz CT molecular complexity index is 1640. The SMILES string of the molecule is Cc1cc(-n2nc3c(c2-n2ccn(-c4ccc5cnncc5c4)c2=O)CN(C)CC3)cc(C)c1F. The maximum Gasteiger partial charge on any atom is 0.338 e. The van der Waals surface area contributed by atoms with E-state index in [2.05, 4.69) is 22.1 Å². The average molecular weight is 470 g/mol. The summed E-state index contributed by atoms with van der Waals surface area (Å²) in [5.41, 5.74) is 4.31. The van der Waals surface area contributed by atoms with Gasteiger partial charge in [0, 0.05) is 48.2 Å². The molecule has 0 saturated carbocycles. The Labute approximate surface area is 200 Å². The second-order valence-electron chi connectivity index (χ2n) is 9.17. The van der Waals surface area contributed by atoms with Gasteiger partial charge >= 0.3 is 5.69 Å². The van der Waals surface area contributed by atoms with Crippen molar-refractivity contribution in [2.45, 2.75) is 26.8 Å². The van der Waals surface area contributed by atoms with Crippen LogP contribution in [0.2, 0.25) is 0 Å². The number of nitrogens with zero attached hydrogens (tertiary/aromatic N) is 7. The van der Waals surface area contributed by atoms with E-state index >= 15 is 0 Å². The Balaban J connectivity index is 1.55. The van der Waals surface area contributed by atoms with E-state index in [-0.39, 0.29) is 11.5 Å². The number of hydrogen-bond donors (Lipinski definition) is 0. The zero-order chi connectivity index (χ0) is 24.3. The van der Waals surface area contributed by atoms with Crippen LogP contribution < -0.4 is 5.69 Å². The number of fused-ring (bicyclic) bond motifs is 2. The van der Waals surface area contributed by atoms with Crippen LogP contribution in [0.1, 0.15) is 22.4 Å². The zero-order valence-electron chi connectivity index (χ0n) is 19.7. The first-order valence-electron chi connectivity index (χ1n) is 11.5. The van der Waals surface area contributed by atoms with Gasteiger partial charge in [0.15, 0.2) is 0 Å². The highest BCUT2D eigenvalue weighted by molar-refractivity contribution is 5.82. The molecule has 8 nitrogen and oxygen atoms in total. The van der Waals surface area contributed by atoms with Gasteiger partial charge in [0.25, 0.3) is 0 Å². The molecule has 9 heteroatoms. The predicted octanol–water partition coefficient (Wildman–Crippen LogP) is 3.50. The summed E-state index contributed by atoms with van der Waals surface area (Å²) in [7, 11) is 2.06. The van der Waals surface area contributed by atoms with E-state index in [1.54, 1.807) is 64.6 Å². The third-order valence-electron chi connectivity index (χ3n) is 6.68. The van der Waals surface area contributed by atoms with Gasteiger partial charge in [-0.2, -0.15) is 15.3 Å². The maximum atomic E-state index is 14.4. The highest BCUT2D eigenvalue weighted by Crippen LogP contribution is 2.28. The lowest BCUT2D eigenvalue weighted by Crippen LogP contribution is -2.28. The topological polar surface area (TPSA) is 73.8 Å². The quantitative estimate of drug-likeness (QED) is 0.404. The van der Waals surface area contributed by atoms with Crippen molar-refractivity contribution in [3.05, 3.63) is 93.8 Å². The largest absolute Gasteiger partial charge is 0.338 e.